The van der Waals surface area contributed by atoms with Crippen LogP contribution in [0.25, 0.3) is 0 Å². The lowest BCUT2D eigenvalue weighted by Gasteiger charge is -2.29. The molecule has 3 heterocycles. The van der Waals surface area contributed by atoms with Crippen molar-refractivity contribution in [1.82, 2.24) is 20.6 Å². The highest BCUT2D eigenvalue weighted by Gasteiger charge is 2.44. The first-order valence-corrected chi connectivity index (χ1v) is 15.0. The first-order valence-electron chi connectivity index (χ1n) is 15.0. The molecule has 0 spiro atoms. The van der Waals surface area contributed by atoms with Gasteiger partial charge in [0.1, 0.15) is 12.4 Å². The topological polar surface area (TPSA) is 141 Å². The van der Waals surface area contributed by atoms with Gasteiger partial charge in [0.2, 0.25) is 0 Å². The summed E-state index contributed by atoms with van der Waals surface area (Å²) >= 11 is 0. The van der Waals surface area contributed by atoms with Gasteiger partial charge in [-0.3, -0.25) is 4.79 Å². The zero-order valence-corrected chi connectivity index (χ0v) is 25.1. The van der Waals surface area contributed by atoms with Crippen molar-refractivity contribution >= 4 is 12.0 Å². The molecule has 2 saturated heterocycles. The highest BCUT2D eigenvalue weighted by atomic mass is 16.7. The van der Waals surface area contributed by atoms with Crippen LogP contribution < -0.4 is 15.4 Å². The van der Waals surface area contributed by atoms with Crippen LogP contribution in [0.1, 0.15) is 35.4 Å². The Morgan fingerprint density at radius 3 is 2.30 bits per heavy atom. The molecular weight excluding hydrogens is 564 g/mol. The molecule has 0 radical (unpaired) electrons. The Morgan fingerprint density at radius 1 is 0.955 bits per heavy atom. The van der Waals surface area contributed by atoms with E-state index in [2.05, 4.69) is 20.6 Å². The first kappa shape index (κ1) is 31.4. The third-order valence-corrected chi connectivity index (χ3v) is 8.03. The minimum atomic E-state index is -1.01. The highest BCUT2D eigenvalue weighted by molar-refractivity contribution is 5.78. The summed E-state index contributed by atoms with van der Waals surface area (Å²) < 4.78 is 22.7. The third-order valence-electron chi connectivity index (χ3n) is 8.03. The second-order valence-corrected chi connectivity index (χ2v) is 11.3. The van der Waals surface area contributed by atoms with E-state index >= 15 is 0 Å². The number of aliphatic hydroxyl groups is 1. The Bertz CT molecular complexity index is 1360. The van der Waals surface area contributed by atoms with Crippen molar-refractivity contribution in [2.45, 2.75) is 70.1 Å². The van der Waals surface area contributed by atoms with E-state index in [1.165, 1.54) is 6.33 Å². The number of fused-ring (bicyclic) bond motifs is 1. The molecule has 44 heavy (non-hydrogen) atoms. The molecule has 0 saturated carbocycles. The number of carbonyl (C=O) groups excluding carboxylic acids is 2. The number of alkyl carbamates (subject to hydrolysis) is 1. The van der Waals surface area contributed by atoms with Gasteiger partial charge in [-0.15, -0.1) is 0 Å². The molecule has 3 aromatic rings. The number of carbonyl (C=O) groups is 2. The number of ether oxygens (including phenoxy) is 4. The summed E-state index contributed by atoms with van der Waals surface area (Å²) in [7, 11) is 0. The average molecular weight is 605 g/mol. The Morgan fingerprint density at radius 2 is 1.61 bits per heavy atom. The van der Waals surface area contributed by atoms with E-state index in [0.717, 1.165) is 17.5 Å². The smallest absolute Gasteiger partial charge is 0.407 e. The van der Waals surface area contributed by atoms with Gasteiger partial charge in [-0.25, -0.2) is 14.8 Å². The Kier molecular flexibility index (Phi) is 10.8. The molecule has 2 aliphatic rings. The molecular formula is C33H40N4O7. The maximum Gasteiger partial charge on any atom is 0.407 e. The summed E-state index contributed by atoms with van der Waals surface area (Å²) in [5.41, 5.74) is 3.22. The van der Waals surface area contributed by atoms with Crippen LogP contribution in [-0.4, -0.2) is 77.5 Å². The lowest BCUT2D eigenvalue weighted by molar-refractivity contribution is -0.124. The van der Waals surface area contributed by atoms with Crippen molar-refractivity contribution < 1.29 is 33.6 Å². The van der Waals surface area contributed by atoms with E-state index in [-0.39, 0.29) is 37.7 Å². The molecule has 234 valence electrons. The van der Waals surface area contributed by atoms with Crippen LogP contribution in [0.5, 0.6) is 5.75 Å². The fraction of sp³-hybridized carbons (Fsp3) is 0.455. The zero-order valence-electron chi connectivity index (χ0n) is 25.1. The lowest BCUT2D eigenvalue weighted by atomic mass is 9.93. The Balaban J connectivity index is 1.26. The summed E-state index contributed by atoms with van der Waals surface area (Å²) in [4.78, 5) is 34.4. The largest absolute Gasteiger partial charge is 0.480 e. The predicted octanol–water partition coefficient (Wildman–Crippen LogP) is 3.05. The number of hydrogen-bond acceptors (Lipinski definition) is 9. The maximum absolute atomic E-state index is 13.1. The predicted molar refractivity (Wildman–Crippen MR) is 161 cm³/mol. The molecule has 11 nitrogen and oxygen atoms in total. The third kappa shape index (κ3) is 8.52. The molecule has 1 aromatic heterocycles. The monoisotopic (exact) mass is 604 g/mol. The molecule has 3 N–H and O–H groups in total. The van der Waals surface area contributed by atoms with Gasteiger partial charge in [0.15, 0.2) is 18.6 Å². The van der Waals surface area contributed by atoms with Crippen LogP contribution in [0.2, 0.25) is 0 Å². The zero-order chi connectivity index (χ0) is 30.9. The minimum Gasteiger partial charge on any atom is -0.480 e. The molecule has 2 aliphatic heterocycles. The summed E-state index contributed by atoms with van der Waals surface area (Å²) in [5, 5.41) is 17.5. The number of hydrogen-bond donors (Lipinski definition) is 3. The second-order valence-electron chi connectivity index (χ2n) is 11.3. The molecule has 6 atom stereocenters. The van der Waals surface area contributed by atoms with Crippen LogP contribution in [-0.2, 0) is 31.8 Å². The van der Waals surface area contributed by atoms with E-state index in [9.17, 15) is 14.7 Å². The molecule has 11 heteroatoms. The van der Waals surface area contributed by atoms with Gasteiger partial charge in [-0.2, -0.15) is 0 Å². The number of aromatic nitrogens is 2. The van der Waals surface area contributed by atoms with Crippen molar-refractivity contribution in [2.24, 2.45) is 5.92 Å². The highest BCUT2D eigenvalue weighted by Crippen LogP contribution is 2.33. The molecule has 2 amide bonds. The fourth-order valence-electron chi connectivity index (χ4n) is 5.77. The lowest BCUT2D eigenvalue weighted by Crippen LogP contribution is -2.50. The summed E-state index contributed by atoms with van der Waals surface area (Å²) in [6, 6.07) is 18.2. The van der Waals surface area contributed by atoms with Gasteiger partial charge in [0.05, 0.1) is 42.7 Å². The van der Waals surface area contributed by atoms with E-state index in [0.29, 0.717) is 36.6 Å². The number of amides is 2. The molecule has 0 aliphatic carbocycles. The Labute approximate surface area is 257 Å². The average Bonchev–Trinajstić information content (AvgIpc) is 3.63. The van der Waals surface area contributed by atoms with E-state index in [4.69, 9.17) is 18.9 Å². The molecule has 0 bridgehead atoms. The van der Waals surface area contributed by atoms with Crippen molar-refractivity contribution in [3.05, 3.63) is 89.5 Å². The van der Waals surface area contributed by atoms with Crippen LogP contribution in [0.15, 0.2) is 67.0 Å². The molecule has 2 unspecified atom stereocenters. The van der Waals surface area contributed by atoms with Crippen molar-refractivity contribution in [2.75, 3.05) is 19.8 Å². The number of nitrogens with zero attached hydrogens (tertiary/aromatic N) is 2. The summed E-state index contributed by atoms with van der Waals surface area (Å²) in [6.45, 7) is 4.20. The van der Waals surface area contributed by atoms with Gasteiger partial charge < -0.3 is 34.7 Å². The first-order chi connectivity index (χ1) is 21.4. The molecule has 2 aromatic carbocycles. The maximum atomic E-state index is 13.1. The van der Waals surface area contributed by atoms with Crippen molar-refractivity contribution in [1.29, 1.82) is 0 Å². The van der Waals surface area contributed by atoms with Crippen molar-refractivity contribution in [3.63, 3.8) is 0 Å². The SMILES string of the molecule is Cc1ncnc(C)c1OCC(=O)N[C@@H](Cc1ccccc1)C[C@H](O)[C@H](Cc1ccccc1)NC(=O)O[C@H]1COC2OCCC21. The van der Waals surface area contributed by atoms with Crippen LogP contribution in [0.3, 0.4) is 0 Å². The number of nitrogens with one attached hydrogen (secondary N) is 2. The normalized spacial score (nSPS) is 21.1. The van der Waals surface area contributed by atoms with Gasteiger partial charge in [0, 0.05) is 6.04 Å². The van der Waals surface area contributed by atoms with E-state index in [1.807, 2.05) is 60.7 Å². The van der Waals surface area contributed by atoms with E-state index in [1.54, 1.807) is 13.8 Å². The number of aliphatic hydroxyl groups excluding tert-OH is 1. The van der Waals surface area contributed by atoms with Gasteiger partial charge in [0.25, 0.3) is 5.91 Å². The number of aryl methyl sites for hydroxylation is 2. The van der Waals surface area contributed by atoms with Crippen LogP contribution in [0.4, 0.5) is 4.79 Å². The van der Waals surface area contributed by atoms with Crippen LogP contribution >= 0.6 is 0 Å². The molecule has 2 fully saturated rings. The second kappa shape index (κ2) is 15.1. The van der Waals surface area contributed by atoms with Gasteiger partial charge in [-0.05, 0) is 50.7 Å². The van der Waals surface area contributed by atoms with Crippen LogP contribution in [0, 0.1) is 19.8 Å². The fourth-order valence-corrected chi connectivity index (χ4v) is 5.77. The summed E-state index contributed by atoms with van der Waals surface area (Å²) in [5.74, 6) is 0.124. The Hall–Kier alpha value is -4.06. The molecule has 5 rings (SSSR count). The number of rotatable bonds is 13. The minimum absolute atomic E-state index is 0.000884. The van der Waals surface area contributed by atoms with E-state index < -0.39 is 30.4 Å². The standard InChI is InChI=1S/C33H40N4O7/c1-21-31(22(2)35-20-34-21)42-19-30(39)36-25(15-23-9-5-3-6-10-23)17-28(38)27(16-24-11-7-4-8-12-24)37-33(40)44-29-18-43-32-26(29)13-14-41-32/h3-12,20,25-29,32,38H,13-19H2,1-2H3,(H,36,39)(H,37,40)/t25-,26?,27-,28-,29-,32?/m0/s1. The summed E-state index contributed by atoms with van der Waals surface area (Å²) in [6.07, 6.45) is 0.848. The van der Waals surface area contributed by atoms with Gasteiger partial charge >= 0.3 is 6.09 Å². The quantitative estimate of drug-likeness (QED) is 0.268. The number of benzene rings is 2. The van der Waals surface area contributed by atoms with Gasteiger partial charge in [-0.1, -0.05) is 60.7 Å². The van der Waals surface area contributed by atoms with Crippen molar-refractivity contribution in [3.8, 4) is 5.75 Å².